The zero-order valence-electron chi connectivity index (χ0n) is 15.6. The fourth-order valence-corrected chi connectivity index (χ4v) is 2.33. The smallest absolute Gasteiger partial charge is 0.127 e. The summed E-state index contributed by atoms with van der Waals surface area (Å²) in [5.41, 5.74) is 1.92. The molecule has 1 aromatic rings. The Morgan fingerprint density at radius 2 is 1.55 bits per heavy atom. The van der Waals surface area contributed by atoms with E-state index in [1.807, 2.05) is 19.9 Å². The van der Waals surface area contributed by atoms with E-state index >= 15 is 0 Å². The van der Waals surface area contributed by atoms with Gasteiger partial charge < -0.3 is 0 Å². The highest BCUT2D eigenvalue weighted by Crippen LogP contribution is 2.19. The molecule has 1 rings (SSSR count). The van der Waals surface area contributed by atoms with Gasteiger partial charge in [0, 0.05) is 12.1 Å². The van der Waals surface area contributed by atoms with E-state index in [4.69, 9.17) is 0 Å². The molecule has 0 heterocycles. The number of hydrogen-bond acceptors (Lipinski definition) is 1. The first kappa shape index (κ1) is 21.1. The van der Waals surface area contributed by atoms with Crippen LogP contribution in [0.3, 0.4) is 0 Å². The number of hydrogen-bond donors (Lipinski definition) is 0. The highest BCUT2D eigenvalue weighted by molar-refractivity contribution is 5.26. The lowest BCUT2D eigenvalue weighted by Gasteiger charge is -2.22. The molecule has 0 N–H and O–H groups in total. The van der Waals surface area contributed by atoms with Gasteiger partial charge in [0.2, 0.25) is 0 Å². The first-order chi connectivity index (χ1) is 10.6. The number of unbranched alkanes of at least 4 members (excludes halogenated alkanes) is 2. The molecule has 0 spiro atoms. The minimum Gasteiger partial charge on any atom is -0.299 e. The molecule has 0 fully saturated rings. The second kappa shape index (κ2) is 12.6. The summed E-state index contributed by atoms with van der Waals surface area (Å²) in [5.74, 6) is 0.337. The van der Waals surface area contributed by atoms with Crippen molar-refractivity contribution in [3.05, 3.63) is 35.1 Å². The largest absolute Gasteiger partial charge is 0.299 e. The van der Waals surface area contributed by atoms with Crippen molar-refractivity contribution in [1.29, 1.82) is 0 Å². The van der Waals surface area contributed by atoms with Crippen LogP contribution in [0.2, 0.25) is 0 Å². The van der Waals surface area contributed by atoms with Gasteiger partial charge >= 0.3 is 0 Å². The lowest BCUT2D eigenvalue weighted by Crippen LogP contribution is -2.26. The van der Waals surface area contributed by atoms with Gasteiger partial charge in [-0.1, -0.05) is 66.5 Å². The highest BCUT2D eigenvalue weighted by atomic mass is 19.1. The molecule has 0 bridgehead atoms. The number of rotatable bonds is 9. The maximum absolute atomic E-state index is 14.2. The fourth-order valence-electron chi connectivity index (χ4n) is 2.33. The molecule has 0 radical (unpaired) electrons. The maximum Gasteiger partial charge on any atom is 0.127 e. The lowest BCUT2D eigenvalue weighted by atomic mass is 10.0. The predicted molar refractivity (Wildman–Crippen MR) is 96.9 cm³/mol. The molecule has 0 amide bonds. The summed E-state index contributed by atoms with van der Waals surface area (Å²) >= 11 is 0. The van der Waals surface area contributed by atoms with E-state index in [0.717, 1.165) is 30.8 Å². The third-order valence-electron chi connectivity index (χ3n) is 3.79. The van der Waals surface area contributed by atoms with Gasteiger partial charge in [-0.2, -0.15) is 0 Å². The van der Waals surface area contributed by atoms with Crippen molar-refractivity contribution in [3.63, 3.8) is 0 Å². The van der Waals surface area contributed by atoms with Crippen molar-refractivity contribution in [2.24, 2.45) is 0 Å². The Morgan fingerprint density at radius 3 is 1.95 bits per heavy atom. The minimum atomic E-state index is -0.0470. The molecule has 0 atom stereocenters. The van der Waals surface area contributed by atoms with Gasteiger partial charge in [-0.15, -0.1) is 0 Å². The van der Waals surface area contributed by atoms with Crippen LogP contribution in [0.5, 0.6) is 0 Å². The Labute approximate surface area is 137 Å². The van der Waals surface area contributed by atoms with Gasteiger partial charge in [-0.05, 0) is 43.5 Å². The molecule has 0 unspecified atom stereocenters. The third-order valence-corrected chi connectivity index (χ3v) is 3.79. The Bertz CT molecular complexity index is 379. The van der Waals surface area contributed by atoms with Crippen molar-refractivity contribution in [2.45, 2.75) is 79.7 Å². The normalized spacial score (nSPS) is 10.8. The van der Waals surface area contributed by atoms with E-state index in [0.29, 0.717) is 5.92 Å². The molecule has 0 aromatic heterocycles. The molecule has 128 valence electrons. The maximum atomic E-state index is 14.2. The summed E-state index contributed by atoms with van der Waals surface area (Å²) in [7, 11) is 0. The van der Waals surface area contributed by atoms with E-state index in [1.54, 1.807) is 6.07 Å². The van der Waals surface area contributed by atoms with Crippen molar-refractivity contribution < 1.29 is 4.39 Å². The molecule has 0 saturated heterocycles. The summed E-state index contributed by atoms with van der Waals surface area (Å²) in [4.78, 5) is 2.39. The van der Waals surface area contributed by atoms with Crippen LogP contribution in [0.4, 0.5) is 4.39 Å². The highest BCUT2D eigenvalue weighted by Gasteiger charge is 2.10. The standard InChI is InChI=1S/C18H30FN.C2H6/c1-5-7-11-20(12-8-6-2)14-17-10-9-16(15(3)4)13-18(17)19;1-2/h9-10,13,15H,5-8,11-12,14H2,1-4H3;1-2H3. The lowest BCUT2D eigenvalue weighted by molar-refractivity contribution is 0.253. The molecular formula is C20H36FN. The van der Waals surface area contributed by atoms with E-state index < -0.39 is 0 Å². The van der Waals surface area contributed by atoms with Crippen molar-refractivity contribution in [3.8, 4) is 0 Å². The Balaban J connectivity index is 0.00000211. The molecule has 0 saturated carbocycles. The quantitative estimate of drug-likeness (QED) is 0.511. The second-order valence-corrected chi connectivity index (χ2v) is 5.99. The summed E-state index contributed by atoms with van der Waals surface area (Å²) in [6, 6.07) is 5.74. The molecule has 0 aliphatic carbocycles. The van der Waals surface area contributed by atoms with Crippen LogP contribution in [0.15, 0.2) is 18.2 Å². The molecule has 1 nitrogen and oxygen atoms in total. The molecular weight excluding hydrogens is 273 g/mol. The molecule has 1 aromatic carbocycles. The SMILES string of the molecule is CC.CCCCN(CCCC)Cc1ccc(C(C)C)cc1F. The van der Waals surface area contributed by atoms with E-state index in [1.165, 1.54) is 25.7 Å². The number of halogens is 1. The Kier molecular flexibility index (Phi) is 12.1. The van der Waals surface area contributed by atoms with Crippen molar-refractivity contribution in [2.75, 3.05) is 13.1 Å². The van der Waals surface area contributed by atoms with Crippen LogP contribution < -0.4 is 0 Å². The topological polar surface area (TPSA) is 3.24 Å². The van der Waals surface area contributed by atoms with Gasteiger partial charge in [-0.3, -0.25) is 4.90 Å². The monoisotopic (exact) mass is 309 g/mol. The van der Waals surface area contributed by atoms with Crippen molar-refractivity contribution >= 4 is 0 Å². The second-order valence-electron chi connectivity index (χ2n) is 5.99. The Morgan fingerprint density at radius 1 is 1.00 bits per heavy atom. The summed E-state index contributed by atoms with van der Waals surface area (Å²) in [6.45, 7) is 15.5. The summed E-state index contributed by atoms with van der Waals surface area (Å²) in [6.07, 6.45) is 4.76. The first-order valence-electron chi connectivity index (χ1n) is 9.09. The van der Waals surface area contributed by atoms with Crippen LogP contribution >= 0.6 is 0 Å². The van der Waals surface area contributed by atoms with Gasteiger partial charge in [0.1, 0.15) is 5.82 Å². The predicted octanol–water partition coefficient (Wildman–Crippen LogP) is 6.38. The van der Waals surface area contributed by atoms with Gasteiger partial charge in [-0.25, -0.2) is 4.39 Å². The van der Waals surface area contributed by atoms with Crippen LogP contribution in [0, 0.1) is 5.82 Å². The number of benzene rings is 1. The summed E-state index contributed by atoms with van der Waals surface area (Å²) < 4.78 is 14.2. The minimum absolute atomic E-state index is 0.0470. The average Bonchev–Trinajstić information content (AvgIpc) is 2.53. The molecule has 2 heteroatoms. The van der Waals surface area contributed by atoms with E-state index in [9.17, 15) is 4.39 Å². The molecule has 0 aliphatic heterocycles. The van der Waals surface area contributed by atoms with Crippen LogP contribution in [0.1, 0.15) is 84.3 Å². The zero-order chi connectivity index (χ0) is 17.0. The van der Waals surface area contributed by atoms with E-state index in [-0.39, 0.29) is 5.82 Å². The van der Waals surface area contributed by atoms with Crippen LogP contribution in [-0.2, 0) is 6.54 Å². The zero-order valence-corrected chi connectivity index (χ0v) is 15.6. The number of nitrogens with zero attached hydrogens (tertiary/aromatic N) is 1. The molecule has 22 heavy (non-hydrogen) atoms. The molecule has 0 aliphatic rings. The van der Waals surface area contributed by atoms with E-state index in [2.05, 4.69) is 38.7 Å². The van der Waals surface area contributed by atoms with Gasteiger partial charge in [0.15, 0.2) is 0 Å². The van der Waals surface area contributed by atoms with Gasteiger partial charge in [0.05, 0.1) is 0 Å². The first-order valence-corrected chi connectivity index (χ1v) is 9.09. The van der Waals surface area contributed by atoms with Crippen LogP contribution in [-0.4, -0.2) is 18.0 Å². The summed E-state index contributed by atoms with van der Waals surface area (Å²) in [5, 5.41) is 0. The van der Waals surface area contributed by atoms with Crippen LogP contribution in [0.25, 0.3) is 0 Å². The Hall–Kier alpha value is -0.890. The fraction of sp³-hybridized carbons (Fsp3) is 0.700. The third kappa shape index (κ3) is 7.93. The average molecular weight is 310 g/mol. The van der Waals surface area contributed by atoms with Gasteiger partial charge in [0.25, 0.3) is 0 Å². The van der Waals surface area contributed by atoms with Crippen molar-refractivity contribution in [1.82, 2.24) is 4.90 Å².